The van der Waals surface area contributed by atoms with E-state index in [-0.39, 0.29) is 11.6 Å². The van der Waals surface area contributed by atoms with Crippen molar-refractivity contribution in [1.29, 1.82) is 0 Å². The zero-order valence-corrected chi connectivity index (χ0v) is 15.9. The molecule has 0 heterocycles. The molecule has 5 aromatic rings. The normalized spacial score (nSPS) is 11.9. The molecule has 5 aromatic carbocycles. The number of hydrogen-bond acceptors (Lipinski definition) is 0. The summed E-state index contributed by atoms with van der Waals surface area (Å²) in [5, 5.41) is 5.11. The van der Waals surface area contributed by atoms with E-state index in [2.05, 4.69) is 26.0 Å². The Labute approximate surface area is 162 Å². The molecule has 0 aliphatic carbocycles. The quantitative estimate of drug-likeness (QED) is 0.279. The van der Waals surface area contributed by atoms with Crippen LogP contribution in [0.4, 0.5) is 8.78 Å². The Kier molecular flexibility index (Phi) is 3.83. The number of rotatable bonds is 2. The van der Waals surface area contributed by atoms with Crippen LogP contribution >= 0.6 is 0 Å². The van der Waals surface area contributed by atoms with Crippen LogP contribution in [0.2, 0.25) is 0 Å². The number of hydrogen-bond donors (Lipinski definition) is 0. The molecule has 0 radical (unpaired) electrons. The summed E-state index contributed by atoms with van der Waals surface area (Å²) < 4.78 is 30.9. The average Bonchev–Trinajstić information content (AvgIpc) is 2.74. The highest BCUT2D eigenvalue weighted by molar-refractivity contribution is 6.09. The summed E-state index contributed by atoms with van der Waals surface area (Å²) in [4.78, 5) is 0. The van der Waals surface area contributed by atoms with Gasteiger partial charge in [0.05, 0.1) is 0 Å². The second-order valence-electron chi connectivity index (χ2n) is 7.45. The van der Waals surface area contributed by atoms with E-state index in [0.29, 0.717) is 21.5 Å². The maximum Gasteiger partial charge on any atom is 0.139 e. The molecule has 0 N–H and O–H groups in total. The first-order chi connectivity index (χ1) is 13.6. The molecule has 2 heteroatoms. The Morgan fingerprint density at radius 3 is 1.25 bits per heavy atom. The predicted octanol–water partition coefficient (Wildman–Crippen LogP) is 7.70. The zero-order valence-electron chi connectivity index (χ0n) is 15.9. The Morgan fingerprint density at radius 1 is 0.536 bits per heavy atom. The molecule has 0 amide bonds. The SMILES string of the molecule is CCc1cc2cc3c(F)c4cc5ccccc5cc4c(F)c3cc2cc1CC. The molecule has 0 atom stereocenters. The fraction of sp³-hybridized carbons (Fsp3) is 0.154. The fourth-order valence-corrected chi connectivity index (χ4v) is 4.36. The Morgan fingerprint density at radius 2 is 0.893 bits per heavy atom. The number of benzene rings is 5. The van der Waals surface area contributed by atoms with Gasteiger partial charge in [-0.1, -0.05) is 50.2 Å². The van der Waals surface area contributed by atoms with Gasteiger partial charge in [0, 0.05) is 21.5 Å². The highest BCUT2D eigenvalue weighted by Crippen LogP contribution is 2.36. The van der Waals surface area contributed by atoms with Crippen LogP contribution in [0, 0.1) is 11.6 Å². The van der Waals surface area contributed by atoms with E-state index in [1.807, 2.05) is 24.3 Å². The first-order valence-electron chi connectivity index (χ1n) is 9.79. The maximum atomic E-state index is 15.5. The van der Waals surface area contributed by atoms with Crippen LogP contribution in [0.5, 0.6) is 0 Å². The fourth-order valence-electron chi connectivity index (χ4n) is 4.36. The van der Waals surface area contributed by atoms with E-state index < -0.39 is 0 Å². The Balaban J connectivity index is 1.94. The summed E-state index contributed by atoms with van der Waals surface area (Å²) in [6.07, 6.45) is 1.86. The van der Waals surface area contributed by atoms with Crippen molar-refractivity contribution in [2.75, 3.05) is 0 Å². The molecular formula is C26H20F2. The lowest BCUT2D eigenvalue weighted by Crippen LogP contribution is -1.94. The lowest BCUT2D eigenvalue weighted by atomic mass is 9.93. The van der Waals surface area contributed by atoms with Crippen LogP contribution in [0.3, 0.4) is 0 Å². The van der Waals surface area contributed by atoms with Gasteiger partial charge < -0.3 is 0 Å². The zero-order chi connectivity index (χ0) is 19.4. The molecule has 0 unspecified atom stereocenters. The summed E-state index contributed by atoms with van der Waals surface area (Å²) in [7, 11) is 0. The largest absolute Gasteiger partial charge is 0.206 e. The molecule has 0 spiro atoms. The van der Waals surface area contributed by atoms with Gasteiger partial charge in [-0.25, -0.2) is 8.78 Å². The van der Waals surface area contributed by atoms with Crippen molar-refractivity contribution in [2.24, 2.45) is 0 Å². The van der Waals surface area contributed by atoms with Gasteiger partial charge in [-0.2, -0.15) is 0 Å². The van der Waals surface area contributed by atoms with E-state index in [4.69, 9.17) is 0 Å². The van der Waals surface area contributed by atoms with Gasteiger partial charge in [-0.3, -0.25) is 0 Å². The molecule has 0 aliphatic heterocycles. The van der Waals surface area contributed by atoms with Crippen molar-refractivity contribution in [3.8, 4) is 0 Å². The van der Waals surface area contributed by atoms with Gasteiger partial charge in [-0.05, 0) is 69.8 Å². The molecule has 0 fully saturated rings. The van der Waals surface area contributed by atoms with Crippen LogP contribution in [0.1, 0.15) is 25.0 Å². The lowest BCUT2D eigenvalue weighted by molar-refractivity contribution is 0.635. The molecule has 0 aromatic heterocycles. The van der Waals surface area contributed by atoms with E-state index >= 15 is 8.78 Å². The van der Waals surface area contributed by atoms with Crippen molar-refractivity contribution in [3.63, 3.8) is 0 Å². The Hall–Kier alpha value is -3.00. The predicted molar refractivity (Wildman–Crippen MR) is 115 cm³/mol. The smallest absolute Gasteiger partial charge is 0.139 e. The van der Waals surface area contributed by atoms with Crippen molar-refractivity contribution < 1.29 is 8.78 Å². The van der Waals surface area contributed by atoms with Gasteiger partial charge >= 0.3 is 0 Å². The summed E-state index contributed by atoms with van der Waals surface area (Å²) in [5.74, 6) is -0.701. The topological polar surface area (TPSA) is 0 Å². The minimum absolute atomic E-state index is 0.337. The highest BCUT2D eigenvalue weighted by atomic mass is 19.1. The molecule has 5 rings (SSSR count). The summed E-state index contributed by atoms with van der Waals surface area (Å²) in [5.41, 5.74) is 2.53. The first kappa shape index (κ1) is 17.1. The van der Waals surface area contributed by atoms with Crippen LogP contribution < -0.4 is 0 Å². The van der Waals surface area contributed by atoms with Crippen LogP contribution in [0.15, 0.2) is 60.7 Å². The number of aryl methyl sites for hydroxylation is 2. The van der Waals surface area contributed by atoms with Gasteiger partial charge in [0.1, 0.15) is 11.6 Å². The third kappa shape index (κ3) is 2.41. The second kappa shape index (κ2) is 6.27. The molecule has 0 saturated carbocycles. The van der Waals surface area contributed by atoms with E-state index in [0.717, 1.165) is 34.4 Å². The van der Waals surface area contributed by atoms with Crippen molar-refractivity contribution in [1.82, 2.24) is 0 Å². The number of fused-ring (bicyclic) bond motifs is 4. The van der Waals surface area contributed by atoms with Crippen LogP contribution in [0.25, 0.3) is 43.1 Å². The molecule has 0 bridgehead atoms. The standard InChI is InChI=1S/C26H20F2/c1-3-15-9-19-13-23-24(14-20(19)10-16(15)4-2)26(28)22-12-18-8-6-5-7-17(18)11-21(22)25(23)27/h5-14H,3-4H2,1-2H3. The number of halogens is 2. The van der Waals surface area contributed by atoms with Gasteiger partial charge in [-0.15, -0.1) is 0 Å². The van der Waals surface area contributed by atoms with E-state index in [1.54, 1.807) is 24.3 Å². The summed E-state index contributed by atoms with van der Waals surface area (Å²) >= 11 is 0. The summed E-state index contributed by atoms with van der Waals surface area (Å²) in [6, 6.07) is 19.0. The van der Waals surface area contributed by atoms with Gasteiger partial charge in [0.15, 0.2) is 0 Å². The average molecular weight is 370 g/mol. The molecule has 138 valence electrons. The maximum absolute atomic E-state index is 15.5. The third-order valence-corrected chi connectivity index (χ3v) is 5.89. The van der Waals surface area contributed by atoms with E-state index in [9.17, 15) is 0 Å². The van der Waals surface area contributed by atoms with Gasteiger partial charge in [0.25, 0.3) is 0 Å². The van der Waals surface area contributed by atoms with E-state index in [1.165, 1.54) is 11.1 Å². The van der Waals surface area contributed by atoms with Crippen molar-refractivity contribution in [3.05, 3.63) is 83.4 Å². The van der Waals surface area contributed by atoms with Crippen molar-refractivity contribution in [2.45, 2.75) is 26.7 Å². The molecule has 0 saturated heterocycles. The second-order valence-corrected chi connectivity index (χ2v) is 7.45. The minimum atomic E-state index is -0.350. The van der Waals surface area contributed by atoms with Gasteiger partial charge in [0.2, 0.25) is 0 Å². The molecule has 0 nitrogen and oxygen atoms in total. The minimum Gasteiger partial charge on any atom is -0.206 e. The molecule has 28 heavy (non-hydrogen) atoms. The Bertz CT molecular complexity index is 1290. The van der Waals surface area contributed by atoms with Crippen molar-refractivity contribution >= 4 is 43.1 Å². The summed E-state index contributed by atoms with van der Waals surface area (Å²) in [6.45, 7) is 4.25. The molecule has 0 aliphatic rings. The highest BCUT2D eigenvalue weighted by Gasteiger charge is 2.16. The monoisotopic (exact) mass is 370 g/mol. The van der Waals surface area contributed by atoms with Crippen LogP contribution in [-0.2, 0) is 12.8 Å². The third-order valence-electron chi connectivity index (χ3n) is 5.89. The lowest BCUT2D eigenvalue weighted by Gasteiger charge is -2.13. The van der Waals surface area contributed by atoms with Crippen LogP contribution in [-0.4, -0.2) is 0 Å². The first-order valence-corrected chi connectivity index (χ1v) is 9.79. The molecular weight excluding hydrogens is 350 g/mol.